The Balaban J connectivity index is 0.000000141. The van der Waals surface area contributed by atoms with Gasteiger partial charge >= 0.3 is 11.9 Å². The first-order chi connectivity index (χ1) is 11.4. The number of hydrogen-bond donors (Lipinski definition) is 0. The molecule has 2 aliphatic heterocycles. The lowest BCUT2D eigenvalue weighted by Gasteiger charge is -2.22. The number of allylic oxidation sites excluding steroid dienone is 2. The van der Waals surface area contributed by atoms with E-state index in [1.54, 1.807) is 0 Å². The van der Waals surface area contributed by atoms with Gasteiger partial charge < -0.3 is 9.47 Å². The molecule has 4 aliphatic rings. The van der Waals surface area contributed by atoms with Gasteiger partial charge in [-0.05, 0) is 51.7 Å². The molecule has 0 spiro atoms. The van der Waals surface area contributed by atoms with Crippen LogP contribution in [0.4, 0.5) is 0 Å². The van der Waals surface area contributed by atoms with Crippen LogP contribution in [0.15, 0.2) is 23.3 Å². The van der Waals surface area contributed by atoms with Crippen molar-refractivity contribution in [2.45, 2.75) is 65.6 Å². The van der Waals surface area contributed by atoms with Crippen molar-refractivity contribution >= 4 is 11.9 Å². The van der Waals surface area contributed by atoms with Gasteiger partial charge in [0, 0.05) is 11.8 Å². The Bertz CT molecular complexity index is 536. The molecule has 0 bridgehead atoms. The quantitative estimate of drug-likeness (QED) is 0.500. The minimum atomic E-state index is -0.0176. The van der Waals surface area contributed by atoms with Crippen LogP contribution in [0.5, 0.6) is 0 Å². The van der Waals surface area contributed by atoms with Crippen LogP contribution in [0.3, 0.4) is 0 Å². The number of carbonyl (C=O) groups excluding carboxylic acids is 2. The Kier molecular flexibility index (Phi) is 4.84. The minimum absolute atomic E-state index is 0.0176. The van der Waals surface area contributed by atoms with E-state index in [9.17, 15) is 9.59 Å². The topological polar surface area (TPSA) is 52.6 Å². The molecule has 0 aromatic rings. The summed E-state index contributed by atoms with van der Waals surface area (Å²) < 4.78 is 10.5. The van der Waals surface area contributed by atoms with Gasteiger partial charge in [0.25, 0.3) is 0 Å². The van der Waals surface area contributed by atoms with E-state index >= 15 is 0 Å². The third-order valence-corrected chi connectivity index (χ3v) is 6.02. The van der Waals surface area contributed by atoms with E-state index in [2.05, 4.69) is 26.0 Å². The molecular weight excluding hydrogens is 304 g/mol. The van der Waals surface area contributed by atoms with Crippen molar-refractivity contribution < 1.29 is 19.1 Å². The van der Waals surface area contributed by atoms with Crippen LogP contribution in [-0.2, 0) is 19.1 Å². The largest absolute Gasteiger partial charge is 0.458 e. The lowest BCUT2D eigenvalue weighted by Crippen LogP contribution is -2.21. The molecule has 2 fully saturated rings. The number of fused-ring (bicyclic) bond motifs is 2. The minimum Gasteiger partial charge on any atom is -0.458 e. The Morgan fingerprint density at radius 1 is 0.792 bits per heavy atom. The summed E-state index contributed by atoms with van der Waals surface area (Å²) in [6.07, 6.45) is 8.86. The maximum atomic E-state index is 11.2. The second-order valence-electron chi connectivity index (χ2n) is 7.81. The van der Waals surface area contributed by atoms with Crippen molar-refractivity contribution in [3.05, 3.63) is 23.3 Å². The Hall–Kier alpha value is -1.58. The van der Waals surface area contributed by atoms with Crippen molar-refractivity contribution in [2.24, 2.45) is 23.7 Å². The lowest BCUT2D eigenvalue weighted by molar-refractivity contribution is -0.143. The maximum absolute atomic E-state index is 11.2. The van der Waals surface area contributed by atoms with Crippen LogP contribution in [0.2, 0.25) is 0 Å². The predicted octanol–water partition coefficient (Wildman–Crippen LogP) is 3.81. The van der Waals surface area contributed by atoms with E-state index in [4.69, 9.17) is 9.47 Å². The number of carbonyl (C=O) groups is 2. The second-order valence-corrected chi connectivity index (χ2v) is 7.81. The van der Waals surface area contributed by atoms with Gasteiger partial charge in [0.15, 0.2) is 0 Å². The zero-order valence-electron chi connectivity index (χ0n) is 15.1. The molecule has 0 radical (unpaired) electrons. The fraction of sp³-hybridized carbons (Fsp3) is 0.700. The Labute approximate surface area is 144 Å². The molecule has 2 heterocycles. The molecule has 0 N–H and O–H groups in total. The van der Waals surface area contributed by atoms with E-state index in [0.717, 1.165) is 25.7 Å². The van der Waals surface area contributed by atoms with Gasteiger partial charge in [-0.25, -0.2) is 0 Å². The van der Waals surface area contributed by atoms with E-state index < -0.39 is 0 Å². The molecule has 4 rings (SSSR count). The molecule has 2 saturated heterocycles. The summed E-state index contributed by atoms with van der Waals surface area (Å²) >= 11 is 0. The number of rotatable bonds is 0. The van der Waals surface area contributed by atoms with Gasteiger partial charge in [0.2, 0.25) is 0 Å². The Morgan fingerprint density at radius 3 is 1.54 bits per heavy atom. The zero-order chi connectivity index (χ0) is 17.4. The highest BCUT2D eigenvalue weighted by molar-refractivity contribution is 5.75. The molecule has 4 nitrogen and oxygen atoms in total. The molecule has 132 valence electrons. The van der Waals surface area contributed by atoms with Gasteiger partial charge in [-0.15, -0.1) is 0 Å². The van der Waals surface area contributed by atoms with Crippen LogP contribution >= 0.6 is 0 Å². The summed E-state index contributed by atoms with van der Waals surface area (Å²) in [7, 11) is 0. The van der Waals surface area contributed by atoms with Gasteiger partial charge in [-0.2, -0.15) is 0 Å². The molecule has 0 aromatic carbocycles. The summed E-state index contributed by atoms with van der Waals surface area (Å²) in [5.41, 5.74) is 2.72. The SMILES string of the molecule is CC1=CC2OC(=O)[C@@H](C)[C@@H]2CC1.CC1=CC2OC(=O)[C@H](C)[C@H]2CC1. The molecule has 2 aliphatic carbocycles. The molecule has 0 amide bonds. The summed E-state index contributed by atoms with van der Waals surface area (Å²) in [6.45, 7) is 8.16. The first-order valence-electron chi connectivity index (χ1n) is 9.12. The smallest absolute Gasteiger partial charge is 0.309 e. The lowest BCUT2D eigenvalue weighted by atomic mass is 9.82. The van der Waals surface area contributed by atoms with Gasteiger partial charge in [0.1, 0.15) is 12.2 Å². The zero-order valence-corrected chi connectivity index (χ0v) is 15.1. The van der Waals surface area contributed by atoms with Gasteiger partial charge in [-0.3, -0.25) is 9.59 Å². The van der Waals surface area contributed by atoms with E-state index in [-0.39, 0.29) is 36.0 Å². The molecule has 2 unspecified atom stereocenters. The molecular formula is C20H28O4. The predicted molar refractivity (Wildman–Crippen MR) is 91.1 cm³/mol. The highest BCUT2D eigenvalue weighted by Crippen LogP contribution is 2.38. The van der Waals surface area contributed by atoms with E-state index in [0.29, 0.717) is 11.8 Å². The third-order valence-electron chi connectivity index (χ3n) is 6.02. The number of ether oxygens (including phenoxy) is 2. The van der Waals surface area contributed by atoms with Crippen molar-refractivity contribution in [1.82, 2.24) is 0 Å². The van der Waals surface area contributed by atoms with E-state index in [1.807, 2.05) is 13.8 Å². The van der Waals surface area contributed by atoms with Crippen molar-refractivity contribution in [1.29, 1.82) is 0 Å². The highest BCUT2D eigenvalue weighted by atomic mass is 16.6. The van der Waals surface area contributed by atoms with Crippen molar-refractivity contribution in [2.75, 3.05) is 0 Å². The molecule has 24 heavy (non-hydrogen) atoms. The molecule has 0 saturated carbocycles. The molecule has 0 aromatic heterocycles. The first-order valence-corrected chi connectivity index (χ1v) is 9.12. The van der Waals surface area contributed by atoms with Crippen LogP contribution < -0.4 is 0 Å². The average molecular weight is 332 g/mol. The second kappa shape index (κ2) is 6.73. The summed E-state index contributed by atoms with van der Waals surface area (Å²) in [5, 5.41) is 0. The molecule has 6 atom stereocenters. The van der Waals surface area contributed by atoms with Gasteiger partial charge in [0.05, 0.1) is 11.8 Å². The summed E-state index contributed by atoms with van der Waals surface area (Å²) in [6, 6.07) is 0. The molecule has 4 heteroatoms. The third kappa shape index (κ3) is 3.28. The number of esters is 2. The fourth-order valence-electron chi connectivity index (χ4n) is 4.24. The van der Waals surface area contributed by atoms with Crippen molar-refractivity contribution in [3.63, 3.8) is 0 Å². The standard InChI is InChI=1S/2C10H14O2/c2*1-6-3-4-8-7(2)10(11)12-9(8)5-6/h2*5,7-9H,3-4H2,1-2H3/t2*7-,8-,9?/m10/s1. The van der Waals surface area contributed by atoms with Gasteiger partial charge in [-0.1, -0.05) is 25.0 Å². The van der Waals surface area contributed by atoms with Crippen LogP contribution in [0, 0.1) is 23.7 Å². The first kappa shape index (κ1) is 17.2. The van der Waals surface area contributed by atoms with Crippen LogP contribution in [0.1, 0.15) is 53.4 Å². The van der Waals surface area contributed by atoms with Crippen LogP contribution in [-0.4, -0.2) is 24.1 Å². The summed E-state index contributed by atoms with van der Waals surface area (Å²) in [4.78, 5) is 22.4. The Morgan fingerprint density at radius 2 is 1.17 bits per heavy atom. The number of hydrogen-bond acceptors (Lipinski definition) is 4. The fourth-order valence-corrected chi connectivity index (χ4v) is 4.24. The normalized spacial score (nSPS) is 40.3. The van der Waals surface area contributed by atoms with Crippen LogP contribution in [0.25, 0.3) is 0 Å². The monoisotopic (exact) mass is 332 g/mol. The van der Waals surface area contributed by atoms with E-state index in [1.165, 1.54) is 11.1 Å². The highest BCUT2D eigenvalue weighted by Gasteiger charge is 2.42. The van der Waals surface area contributed by atoms with Crippen molar-refractivity contribution in [3.8, 4) is 0 Å². The maximum Gasteiger partial charge on any atom is 0.309 e. The summed E-state index contributed by atoms with van der Waals surface area (Å²) in [5.74, 6) is 1.08. The average Bonchev–Trinajstić information content (AvgIpc) is 2.96.